The molecule has 1 unspecified atom stereocenters. The fourth-order valence-electron chi connectivity index (χ4n) is 5.72. The van der Waals surface area contributed by atoms with Gasteiger partial charge < -0.3 is 34.8 Å². The van der Waals surface area contributed by atoms with E-state index in [-0.39, 0.29) is 38.0 Å². The van der Waals surface area contributed by atoms with Crippen molar-refractivity contribution in [1.29, 1.82) is 0 Å². The third-order valence-corrected chi connectivity index (χ3v) is 12.0. The van der Waals surface area contributed by atoms with E-state index >= 15 is 0 Å². The van der Waals surface area contributed by atoms with Crippen molar-refractivity contribution in [1.82, 2.24) is 0 Å². The van der Waals surface area contributed by atoms with E-state index in [1.165, 1.54) is 31.0 Å². The number of allylic oxidation sites excluding steroid dienone is 15. The van der Waals surface area contributed by atoms with E-state index in [2.05, 4.69) is 74.6 Å². The average molecular weight is 966 g/mol. The van der Waals surface area contributed by atoms with E-state index in [1.54, 1.807) is 12.2 Å². The van der Waals surface area contributed by atoms with Gasteiger partial charge in [0.25, 0.3) is 0 Å². The lowest BCUT2D eigenvalue weighted by Crippen LogP contribution is -2.40. The Morgan fingerprint density at radius 2 is 1.30 bits per heavy atom. The number of aliphatic hydroxyl groups is 1. The predicted molar refractivity (Wildman–Crippen MR) is 271 cm³/mol. The Kier molecular flexibility index (Phi) is 39.7. The highest BCUT2D eigenvalue weighted by Crippen LogP contribution is 2.43. The van der Waals surface area contributed by atoms with Crippen molar-refractivity contribution in [3.8, 4) is 0 Å². The van der Waals surface area contributed by atoms with Crippen molar-refractivity contribution >= 4 is 37.5 Å². The number of nitrogens with zero attached hydrogens (tertiary/aromatic N) is 1. The van der Waals surface area contributed by atoms with Crippen molar-refractivity contribution in [3.05, 3.63) is 97.2 Å². The fourth-order valence-corrected chi connectivity index (χ4v) is 7.59. The summed E-state index contributed by atoms with van der Waals surface area (Å²) < 4.78 is 34.4. The number of rotatable bonds is 42. The number of aliphatic carboxylic acids is 1. The number of unbranched alkanes of at least 4 members (excludes halogenated alkanes) is 7. The number of ether oxygens (including phenoxy) is 2. The standard InChI is InChI=1S/C51H85N2O11PS/c1-6-8-10-12-14-16-18-20-21-22-23-24-26-28-30-32-34-39-50(57)61-42-45(43-63-65(59,60)62-41-40-53(3,4)5)64-51(58)46(52)44-66-48(47(54)36-35-38-49(55)56)37-33-31-29-27-25-19-17-15-13-11-9-7-2/h8,10,14-17,20-21,23-25,27,29,31,33,37,45-48,54H,6-7,9,11-13,18-19,22,26,28,30,32,34-36,38-44,52H2,1-5H3,(H-,55,56,59,60)/p+1/b10-8-,16-14-,17-15-,21-20-,24-23-,27-25-,31-29+,37-33+/t45-,46+,47+,48-/m1/s1. The summed E-state index contributed by atoms with van der Waals surface area (Å²) in [6.07, 6.45) is 45.0. The molecule has 0 fully saturated rings. The zero-order valence-corrected chi connectivity index (χ0v) is 42.5. The SMILES string of the molecule is CC/C=C\C/C=C\C/C=C\C/C=C\CCCCCCC(=O)OC[C@H](COP(=O)(O)OCC[N+](C)(C)C)OC(=O)[C@@H](N)CS[C@H](/C=C/C=C/C=C\C/C=C\CCCCC)[C@@H](O)CCCC(=O)O. The fraction of sp³-hybridized carbons (Fsp3) is 0.627. The molecular weight excluding hydrogens is 880 g/mol. The lowest BCUT2D eigenvalue weighted by Gasteiger charge is -2.25. The molecule has 0 aromatic carbocycles. The molecule has 0 aromatic rings. The molecule has 15 heteroatoms. The van der Waals surface area contributed by atoms with E-state index < -0.39 is 62.4 Å². The summed E-state index contributed by atoms with van der Waals surface area (Å²) in [5, 5.41) is 19.5. The van der Waals surface area contributed by atoms with Crippen molar-refractivity contribution in [2.24, 2.45) is 5.73 Å². The number of esters is 2. The van der Waals surface area contributed by atoms with Gasteiger partial charge in [0.2, 0.25) is 0 Å². The summed E-state index contributed by atoms with van der Waals surface area (Å²) in [4.78, 5) is 47.3. The Hall–Kier alpha value is -3.33. The maximum atomic E-state index is 13.3. The minimum absolute atomic E-state index is 0.0142. The van der Waals surface area contributed by atoms with Crippen molar-refractivity contribution in [2.75, 3.05) is 53.3 Å². The van der Waals surface area contributed by atoms with Crippen molar-refractivity contribution in [3.63, 3.8) is 0 Å². The summed E-state index contributed by atoms with van der Waals surface area (Å²) in [5.41, 5.74) is 6.25. The Morgan fingerprint density at radius 3 is 1.92 bits per heavy atom. The molecule has 376 valence electrons. The molecule has 0 saturated heterocycles. The third-order valence-electron chi connectivity index (χ3n) is 9.60. The first-order valence-electron chi connectivity index (χ1n) is 23.9. The molecule has 0 aromatic heterocycles. The zero-order chi connectivity index (χ0) is 49.2. The van der Waals surface area contributed by atoms with Crippen LogP contribution in [0.4, 0.5) is 0 Å². The Labute approximate surface area is 402 Å². The normalized spacial score (nSPS) is 15.6. The second kappa shape index (κ2) is 41.8. The van der Waals surface area contributed by atoms with Gasteiger partial charge in [0.15, 0.2) is 6.10 Å². The van der Waals surface area contributed by atoms with E-state index in [4.69, 9.17) is 29.4 Å². The van der Waals surface area contributed by atoms with Gasteiger partial charge in [-0.1, -0.05) is 137 Å². The largest absolute Gasteiger partial charge is 0.481 e. The van der Waals surface area contributed by atoms with E-state index in [9.17, 15) is 28.9 Å². The highest BCUT2D eigenvalue weighted by atomic mass is 32.2. The molecule has 0 bridgehead atoms. The van der Waals surface area contributed by atoms with Gasteiger partial charge in [-0.3, -0.25) is 23.4 Å². The van der Waals surface area contributed by atoms with Gasteiger partial charge >= 0.3 is 25.7 Å². The number of thioether (sulfide) groups is 1. The molecule has 0 saturated carbocycles. The molecule has 66 heavy (non-hydrogen) atoms. The summed E-state index contributed by atoms with van der Waals surface area (Å²) in [5.74, 6) is -2.32. The lowest BCUT2D eigenvalue weighted by atomic mass is 10.1. The molecule has 0 radical (unpaired) electrons. The van der Waals surface area contributed by atoms with Gasteiger partial charge in [-0.25, -0.2) is 4.57 Å². The van der Waals surface area contributed by atoms with Gasteiger partial charge in [0, 0.05) is 23.8 Å². The number of likely N-dealkylation sites (N-methyl/N-ethyl adjacent to an activating group) is 1. The van der Waals surface area contributed by atoms with Crippen LogP contribution < -0.4 is 5.73 Å². The van der Waals surface area contributed by atoms with E-state index in [1.807, 2.05) is 45.4 Å². The van der Waals surface area contributed by atoms with Crippen LogP contribution in [0.25, 0.3) is 0 Å². The van der Waals surface area contributed by atoms with Crippen LogP contribution in [0.2, 0.25) is 0 Å². The topological polar surface area (TPSA) is 192 Å². The van der Waals surface area contributed by atoms with E-state index in [0.717, 1.165) is 64.2 Å². The molecule has 0 aliphatic carbocycles. The highest BCUT2D eigenvalue weighted by molar-refractivity contribution is 8.00. The Balaban J connectivity index is 5.27. The molecular formula is C51H86N2O11PS+. The van der Waals surface area contributed by atoms with Crippen LogP contribution in [-0.4, -0.2) is 114 Å². The third kappa shape index (κ3) is 42.1. The number of phosphoric ester groups is 1. The minimum Gasteiger partial charge on any atom is -0.481 e. The molecule has 0 aliphatic heterocycles. The predicted octanol–water partition coefficient (Wildman–Crippen LogP) is 10.7. The molecule has 5 atom stereocenters. The van der Waals surface area contributed by atoms with Gasteiger partial charge in [-0.15, -0.1) is 11.8 Å². The first-order valence-corrected chi connectivity index (χ1v) is 26.4. The number of hydrogen-bond acceptors (Lipinski definition) is 11. The number of carboxylic acids is 1. The monoisotopic (exact) mass is 966 g/mol. The molecule has 0 amide bonds. The second-order valence-corrected chi connectivity index (χ2v) is 19.6. The number of hydrogen-bond donors (Lipinski definition) is 4. The number of carbonyl (C=O) groups excluding carboxylic acids is 2. The van der Waals surface area contributed by atoms with Gasteiger partial charge in [0.05, 0.1) is 33.9 Å². The first kappa shape index (κ1) is 62.7. The molecule has 0 heterocycles. The number of aliphatic hydroxyl groups excluding tert-OH is 1. The minimum atomic E-state index is -4.55. The maximum Gasteiger partial charge on any atom is 0.472 e. The number of phosphoric acid groups is 1. The van der Waals surface area contributed by atoms with Crippen LogP contribution in [0.1, 0.15) is 129 Å². The highest BCUT2D eigenvalue weighted by Gasteiger charge is 2.29. The number of carbonyl (C=O) groups is 3. The van der Waals surface area contributed by atoms with Crippen LogP contribution in [0.15, 0.2) is 97.2 Å². The second-order valence-electron chi connectivity index (χ2n) is 17.0. The zero-order valence-electron chi connectivity index (χ0n) is 40.8. The van der Waals surface area contributed by atoms with Crippen LogP contribution in [0.5, 0.6) is 0 Å². The molecule has 0 aliphatic rings. The molecule has 0 rings (SSSR count). The summed E-state index contributed by atoms with van der Waals surface area (Å²) >= 11 is 1.20. The summed E-state index contributed by atoms with van der Waals surface area (Å²) in [6.45, 7) is 3.64. The first-order chi connectivity index (χ1) is 31.6. The molecule has 0 spiro atoms. The summed E-state index contributed by atoms with van der Waals surface area (Å²) in [6, 6.07) is -1.19. The Bertz CT molecular complexity index is 1570. The van der Waals surface area contributed by atoms with Gasteiger partial charge in [-0.2, -0.15) is 0 Å². The Morgan fingerprint density at radius 1 is 0.712 bits per heavy atom. The molecule has 5 N–H and O–H groups in total. The summed E-state index contributed by atoms with van der Waals surface area (Å²) in [7, 11) is 1.15. The smallest absolute Gasteiger partial charge is 0.472 e. The number of quaternary nitrogens is 1. The number of nitrogens with two attached hydrogens (primary N) is 1. The van der Waals surface area contributed by atoms with Crippen LogP contribution in [0.3, 0.4) is 0 Å². The van der Waals surface area contributed by atoms with E-state index in [0.29, 0.717) is 17.4 Å². The van der Waals surface area contributed by atoms with Crippen molar-refractivity contribution < 1.29 is 57.1 Å². The van der Waals surface area contributed by atoms with Gasteiger partial charge in [-0.05, 0) is 77.0 Å². The lowest BCUT2D eigenvalue weighted by molar-refractivity contribution is -0.870. The van der Waals surface area contributed by atoms with Crippen LogP contribution in [-0.2, 0) is 37.5 Å². The molecule has 13 nitrogen and oxygen atoms in total. The number of carboxylic acid groups (broad SMARTS) is 1. The van der Waals surface area contributed by atoms with Crippen LogP contribution in [0, 0.1) is 0 Å². The maximum absolute atomic E-state index is 13.3. The van der Waals surface area contributed by atoms with Gasteiger partial charge in [0.1, 0.15) is 25.8 Å². The quantitative estimate of drug-likeness (QED) is 0.0113. The average Bonchev–Trinajstić information content (AvgIpc) is 3.26. The van der Waals surface area contributed by atoms with Crippen molar-refractivity contribution in [2.45, 2.75) is 153 Å². The van der Waals surface area contributed by atoms with Crippen LogP contribution >= 0.6 is 19.6 Å².